The summed E-state index contributed by atoms with van der Waals surface area (Å²) in [5.41, 5.74) is 1.35. The zero-order valence-corrected chi connectivity index (χ0v) is 10.5. The van der Waals surface area contributed by atoms with Crippen LogP contribution < -0.4 is 5.32 Å². The summed E-state index contributed by atoms with van der Waals surface area (Å²) in [6, 6.07) is 0.331. The van der Waals surface area contributed by atoms with Crippen LogP contribution in [0.3, 0.4) is 0 Å². The smallest absolute Gasteiger partial charge is 0.254 e. The second-order valence-corrected chi connectivity index (χ2v) is 4.72. The number of hydrogen-bond acceptors (Lipinski definition) is 3. The van der Waals surface area contributed by atoms with Crippen LogP contribution in [0, 0.1) is 13.8 Å². The van der Waals surface area contributed by atoms with Crippen LogP contribution in [0.4, 0.5) is 0 Å². The molecule has 0 unspecified atom stereocenters. The zero-order valence-electron chi connectivity index (χ0n) is 10.5. The molecule has 0 aromatic carbocycles. The molecule has 1 aliphatic carbocycles. The van der Waals surface area contributed by atoms with Crippen LogP contribution in [0.5, 0.6) is 0 Å². The number of nitrogens with zero attached hydrogens (tertiary/aromatic N) is 2. The van der Waals surface area contributed by atoms with Gasteiger partial charge in [-0.25, -0.2) is 9.97 Å². The van der Waals surface area contributed by atoms with Crippen molar-refractivity contribution in [1.82, 2.24) is 15.3 Å². The summed E-state index contributed by atoms with van der Waals surface area (Å²) >= 11 is 0. The van der Waals surface area contributed by atoms with E-state index >= 15 is 0 Å². The lowest BCUT2D eigenvalue weighted by atomic mass is 9.95. The molecule has 1 saturated carbocycles. The first kappa shape index (κ1) is 12.0. The minimum atomic E-state index is -0.0330. The molecule has 1 aromatic rings. The number of nitrogens with one attached hydrogen (secondary N) is 1. The van der Waals surface area contributed by atoms with Crippen molar-refractivity contribution in [1.29, 1.82) is 0 Å². The molecular formula is C13H19N3O. The van der Waals surface area contributed by atoms with Crippen LogP contribution in [0.2, 0.25) is 0 Å². The van der Waals surface area contributed by atoms with Gasteiger partial charge in [0.05, 0.1) is 11.3 Å². The molecule has 17 heavy (non-hydrogen) atoms. The Balaban J connectivity index is 2.03. The monoisotopic (exact) mass is 233 g/mol. The van der Waals surface area contributed by atoms with E-state index in [4.69, 9.17) is 0 Å². The van der Waals surface area contributed by atoms with Gasteiger partial charge in [-0.1, -0.05) is 19.3 Å². The fourth-order valence-corrected chi connectivity index (χ4v) is 2.32. The van der Waals surface area contributed by atoms with Gasteiger partial charge in [-0.05, 0) is 26.7 Å². The molecule has 0 bridgehead atoms. The van der Waals surface area contributed by atoms with Crippen LogP contribution >= 0.6 is 0 Å². The maximum Gasteiger partial charge on any atom is 0.254 e. The van der Waals surface area contributed by atoms with Crippen molar-refractivity contribution in [2.24, 2.45) is 0 Å². The Kier molecular flexibility index (Phi) is 3.71. The van der Waals surface area contributed by atoms with E-state index in [1.807, 2.05) is 13.8 Å². The van der Waals surface area contributed by atoms with Crippen molar-refractivity contribution < 1.29 is 4.79 Å². The van der Waals surface area contributed by atoms with Gasteiger partial charge in [0.2, 0.25) is 0 Å². The second kappa shape index (κ2) is 5.25. The van der Waals surface area contributed by atoms with E-state index in [1.165, 1.54) is 19.3 Å². The van der Waals surface area contributed by atoms with Gasteiger partial charge in [0.1, 0.15) is 5.82 Å². The first-order chi connectivity index (χ1) is 8.16. The second-order valence-electron chi connectivity index (χ2n) is 4.72. The van der Waals surface area contributed by atoms with Crippen LogP contribution in [0.15, 0.2) is 6.20 Å². The SMILES string of the molecule is Cc1ncc(C(=O)NC2CCCCC2)c(C)n1. The van der Waals surface area contributed by atoms with E-state index in [0.29, 0.717) is 17.4 Å². The van der Waals surface area contributed by atoms with Crippen LogP contribution in [0.25, 0.3) is 0 Å². The molecule has 2 rings (SSSR count). The molecule has 1 heterocycles. The molecule has 4 heteroatoms. The van der Waals surface area contributed by atoms with Crippen molar-refractivity contribution in [3.8, 4) is 0 Å². The topological polar surface area (TPSA) is 54.9 Å². The number of hydrogen-bond donors (Lipinski definition) is 1. The largest absolute Gasteiger partial charge is 0.349 e. The van der Waals surface area contributed by atoms with E-state index < -0.39 is 0 Å². The van der Waals surface area contributed by atoms with Crippen molar-refractivity contribution in [3.05, 3.63) is 23.3 Å². The highest BCUT2D eigenvalue weighted by Crippen LogP contribution is 2.18. The van der Waals surface area contributed by atoms with Crippen molar-refractivity contribution >= 4 is 5.91 Å². The summed E-state index contributed by atoms with van der Waals surface area (Å²) in [6.45, 7) is 3.68. The summed E-state index contributed by atoms with van der Waals surface area (Å²) in [7, 11) is 0. The molecule has 1 fully saturated rings. The average molecular weight is 233 g/mol. The van der Waals surface area contributed by atoms with Gasteiger partial charge in [0.25, 0.3) is 5.91 Å². The molecule has 1 N–H and O–H groups in total. The van der Waals surface area contributed by atoms with Crippen molar-refractivity contribution in [2.45, 2.75) is 52.0 Å². The molecule has 1 aliphatic rings. The summed E-state index contributed by atoms with van der Waals surface area (Å²) in [6.07, 6.45) is 7.53. The Morgan fingerprint density at radius 3 is 2.65 bits per heavy atom. The molecule has 0 spiro atoms. The molecule has 4 nitrogen and oxygen atoms in total. The predicted molar refractivity (Wildman–Crippen MR) is 65.8 cm³/mol. The fourth-order valence-electron chi connectivity index (χ4n) is 2.32. The maximum atomic E-state index is 12.1. The highest BCUT2D eigenvalue weighted by molar-refractivity contribution is 5.95. The van der Waals surface area contributed by atoms with Gasteiger partial charge in [-0.15, -0.1) is 0 Å². The lowest BCUT2D eigenvalue weighted by molar-refractivity contribution is 0.0926. The number of aryl methyl sites for hydroxylation is 2. The van der Waals surface area contributed by atoms with Crippen molar-refractivity contribution in [2.75, 3.05) is 0 Å². The van der Waals surface area contributed by atoms with E-state index in [1.54, 1.807) is 6.20 Å². The molecule has 1 amide bonds. The van der Waals surface area contributed by atoms with Crippen LogP contribution in [0.1, 0.15) is 54.0 Å². The normalized spacial score (nSPS) is 16.8. The third-order valence-corrected chi connectivity index (χ3v) is 3.28. The molecule has 1 aromatic heterocycles. The van der Waals surface area contributed by atoms with E-state index in [9.17, 15) is 4.79 Å². The minimum Gasteiger partial charge on any atom is -0.349 e. The maximum absolute atomic E-state index is 12.1. The van der Waals surface area contributed by atoms with Gasteiger partial charge in [-0.2, -0.15) is 0 Å². The Morgan fingerprint density at radius 2 is 2.00 bits per heavy atom. The van der Waals surface area contributed by atoms with Crippen LogP contribution in [-0.2, 0) is 0 Å². The van der Waals surface area contributed by atoms with Gasteiger partial charge in [0, 0.05) is 12.2 Å². The Morgan fingerprint density at radius 1 is 1.29 bits per heavy atom. The first-order valence-corrected chi connectivity index (χ1v) is 6.28. The minimum absolute atomic E-state index is 0.0330. The van der Waals surface area contributed by atoms with Gasteiger partial charge in [-0.3, -0.25) is 4.79 Å². The number of amides is 1. The summed E-state index contributed by atoms with van der Waals surface area (Å²) in [4.78, 5) is 20.4. The zero-order chi connectivity index (χ0) is 12.3. The molecule has 0 radical (unpaired) electrons. The lowest BCUT2D eigenvalue weighted by Gasteiger charge is -2.22. The standard InChI is InChI=1S/C13H19N3O/c1-9-12(8-14-10(2)15-9)13(17)16-11-6-4-3-5-7-11/h8,11H,3-7H2,1-2H3,(H,16,17). The van der Waals surface area contributed by atoms with E-state index in [-0.39, 0.29) is 5.91 Å². The third-order valence-electron chi connectivity index (χ3n) is 3.28. The predicted octanol–water partition coefficient (Wildman–Crippen LogP) is 2.16. The quantitative estimate of drug-likeness (QED) is 0.851. The number of carbonyl (C=O) groups excluding carboxylic acids is 1. The van der Waals surface area contributed by atoms with Gasteiger partial charge >= 0.3 is 0 Å². The third kappa shape index (κ3) is 3.02. The average Bonchev–Trinajstić information content (AvgIpc) is 2.30. The van der Waals surface area contributed by atoms with Crippen molar-refractivity contribution in [3.63, 3.8) is 0 Å². The highest BCUT2D eigenvalue weighted by atomic mass is 16.1. The first-order valence-electron chi connectivity index (χ1n) is 6.28. The lowest BCUT2D eigenvalue weighted by Crippen LogP contribution is -2.36. The summed E-state index contributed by atoms with van der Waals surface area (Å²) < 4.78 is 0. The number of aromatic nitrogens is 2. The number of rotatable bonds is 2. The number of carbonyl (C=O) groups is 1. The van der Waals surface area contributed by atoms with E-state index in [0.717, 1.165) is 18.5 Å². The summed E-state index contributed by atoms with van der Waals surface area (Å²) in [5.74, 6) is 0.672. The van der Waals surface area contributed by atoms with Gasteiger partial charge < -0.3 is 5.32 Å². The highest BCUT2D eigenvalue weighted by Gasteiger charge is 2.18. The Hall–Kier alpha value is -1.45. The summed E-state index contributed by atoms with van der Waals surface area (Å²) in [5, 5.41) is 3.08. The Labute approximate surface area is 102 Å². The molecule has 0 aliphatic heterocycles. The molecular weight excluding hydrogens is 214 g/mol. The molecule has 0 atom stereocenters. The van der Waals surface area contributed by atoms with Crippen LogP contribution in [-0.4, -0.2) is 21.9 Å². The molecule has 92 valence electrons. The fraction of sp³-hybridized carbons (Fsp3) is 0.615. The van der Waals surface area contributed by atoms with E-state index in [2.05, 4.69) is 15.3 Å². The Bertz CT molecular complexity index is 411. The van der Waals surface area contributed by atoms with Gasteiger partial charge in [0.15, 0.2) is 0 Å². The molecule has 0 saturated heterocycles.